The maximum Gasteiger partial charge on any atom is 0.270 e. The molecule has 0 aromatic heterocycles. The van der Waals surface area contributed by atoms with Gasteiger partial charge in [0.25, 0.3) is 11.6 Å². The minimum absolute atomic E-state index is 0.0800. The Kier molecular flexibility index (Phi) is 6.94. The van der Waals surface area contributed by atoms with Crippen molar-refractivity contribution in [3.63, 3.8) is 0 Å². The number of anilines is 1. The van der Waals surface area contributed by atoms with E-state index in [1.54, 1.807) is 19.9 Å². The molecule has 1 aromatic carbocycles. The van der Waals surface area contributed by atoms with Crippen LogP contribution in [0.1, 0.15) is 43.5 Å². The Morgan fingerprint density at radius 1 is 1.15 bits per heavy atom. The van der Waals surface area contributed by atoms with Gasteiger partial charge in [-0.1, -0.05) is 13.8 Å². The first-order chi connectivity index (χ1) is 12.4. The number of hydrogen-bond acceptors (Lipinski definition) is 5. The third-order valence-electron chi connectivity index (χ3n) is 4.37. The van der Waals surface area contributed by atoms with Gasteiger partial charge in [-0.2, -0.15) is 0 Å². The third kappa shape index (κ3) is 5.18. The van der Waals surface area contributed by atoms with Crippen molar-refractivity contribution in [3.8, 4) is 0 Å². The molecule has 1 saturated heterocycles. The summed E-state index contributed by atoms with van der Waals surface area (Å²) >= 11 is 0. The molecule has 8 heteroatoms. The summed E-state index contributed by atoms with van der Waals surface area (Å²) in [6.07, 6.45) is 3.24. The Morgan fingerprint density at radius 3 is 2.42 bits per heavy atom. The van der Waals surface area contributed by atoms with Crippen LogP contribution in [0.15, 0.2) is 18.2 Å². The van der Waals surface area contributed by atoms with Gasteiger partial charge in [-0.05, 0) is 25.3 Å². The van der Waals surface area contributed by atoms with Crippen LogP contribution in [-0.4, -0.2) is 42.9 Å². The Hall–Kier alpha value is -2.64. The van der Waals surface area contributed by atoms with E-state index < -0.39 is 4.92 Å². The van der Waals surface area contributed by atoms with Gasteiger partial charge >= 0.3 is 0 Å². The lowest BCUT2D eigenvalue weighted by Crippen LogP contribution is -2.37. The van der Waals surface area contributed by atoms with Gasteiger partial charge in [-0.25, -0.2) is 0 Å². The van der Waals surface area contributed by atoms with Crippen LogP contribution < -0.4 is 15.5 Å². The zero-order valence-corrected chi connectivity index (χ0v) is 15.3. The molecule has 1 aromatic rings. The largest absolute Gasteiger partial charge is 0.371 e. The van der Waals surface area contributed by atoms with Crippen molar-refractivity contribution < 1.29 is 14.5 Å². The number of nitrogens with one attached hydrogen (secondary N) is 2. The normalized spacial score (nSPS) is 14.2. The summed E-state index contributed by atoms with van der Waals surface area (Å²) in [6.45, 7) is 5.84. The Bertz CT molecular complexity index is 669. The lowest BCUT2D eigenvalue weighted by Gasteiger charge is -2.30. The van der Waals surface area contributed by atoms with E-state index in [9.17, 15) is 19.7 Å². The number of nitro benzene ring substituents is 1. The van der Waals surface area contributed by atoms with Crippen LogP contribution in [0, 0.1) is 16.0 Å². The summed E-state index contributed by atoms with van der Waals surface area (Å²) in [5.41, 5.74) is 0.916. The summed E-state index contributed by atoms with van der Waals surface area (Å²) < 4.78 is 0. The molecule has 0 radical (unpaired) electrons. The molecule has 2 N–H and O–H groups in total. The molecular weight excluding hydrogens is 336 g/mol. The highest BCUT2D eigenvalue weighted by atomic mass is 16.6. The molecule has 142 valence electrons. The van der Waals surface area contributed by atoms with Gasteiger partial charge in [0, 0.05) is 44.2 Å². The number of hydrogen-bond donors (Lipinski definition) is 2. The first-order valence-electron chi connectivity index (χ1n) is 8.99. The van der Waals surface area contributed by atoms with Gasteiger partial charge in [0.2, 0.25) is 5.91 Å². The van der Waals surface area contributed by atoms with E-state index in [4.69, 9.17) is 0 Å². The molecule has 1 aliphatic heterocycles. The van der Waals surface area contributed by atoms with Crippen molar-refractivity contribution >= 4 is 23.2 Å². The molecule has 0 aliphatic carbocycles. The van der Waals surface area contributed by atoms with E-state index in [2.05, 4.69) is 15.5 Å². The number of non-ortho nitro benzene ring substituents is 1. The number of rotatable bonds is 7. The molecule has 1 aliphatic rings. The molecule has 1 fully saturated rings. The molecule has 0 unspecified atom stereocenters. The average Bonchev–Trinajstić information content (AvgIpc) is 2.64. The van der Waals surface area contributed by atoms with Crippen LogP contribution >= 0.6 is 0 Å². The smallest absolute Gasteiger partial charge is 0.270 e. The fourth-order valence-corrected chi connectivity index (χ4v) is 2.89. The van der Waals surface area contributed by atoms with E-state index in [0.717, 1.165) is 38.0 Å². The minimum Gasteiger partial charge on any atom is -0.371 e. The first kappa shape index (κ1) is 19.7. The lowest BCUT2D eigenvalue weighted by atomic mass is 10.1. The number of carbonyl (C=O) groups excluding carboxylic acids is 2. The summed E-state index contributed by atoms with van der Waals surface area (Å²) in [4.78, 5) is 36.8. The summed E-state index contributed by atoms with van der Waals surface area (Å²) in [5.74, 6) is -0.565. The van der Waals surface area contributed by atoms with Crippen LogP contribution in [0.5, 0.6) is 0 Å². The quantitative estimate of drug-likeness (QED) is 0.439. The predicted molar refractivity (Wildman–Crippen MR) is 99.3 cm³/mol. The summed E-state index contributed by atoms with van der Waals surface area (Å²) in [7, 11) is 0. The number of piperidine rings is 1. The van der Waals surface area contributed by atoms with Gasteiger partial charge in [-0.15, -0.1) is 0 Å². The van der Waals surface area contributed by atoms with E-state index in [0.29, 0.717) is 12.1 Å². The van der Waals surface area contributed by atoms with Gasteiger partial charge in [0.05, 0.1) is 16.2 Å². The molecule has 0 saturated carbocycles. The van der Waals surface area contributed by atoms with Crippen LogP contribution in [0.2, 0.25) is 0 Å². The molecule has 8 nitrogen and oxygen atoms in total. The van der Waals surface area contributed by atoms with E-state index >= 15 is 0 Å². The Balaban J connectivity index is 2.08. The van der Waals surface area contributed by atoms with E-state index in [-0.39, 0.29) is 30.0 Å². The minimum atomic E-state index is -0.500. The molecular formula is C18H26N4O4. The maximum absolute atomic E-state index is 12.6. The molecule has 2 rings (SSSR count). The van der Waals surface area contributed by atoms with Gasteiger partial charge in [0.1, 0.15) is 0 Å². The molecule has 0 spiro atoms. The van der Waals surface area contributed by atoms with Gasteiger partial charge in [0.15, 0.2) is 0 Å². The molecule has 26 heavy (non-hydrogen) atoms. The summed E-state index contributed by atoms with van der Waals surface area (Å²) in [5, 5.41) is 16.5. The van der Waals surface area contributed by atoms with Crippen molar-refractivity contribution in [1.29, 1.82) is 0 Å². The number of amides is 2. The van der Waals surface area contributed by atoms with Crippen LogP contribution in [0.25, 0.3) is 0 Å². The number of carbonyl (C=O) groups is 2. The highest BCUT2D eigenvalue weighted by molar-refractivity contribution is 6.00. The van der Waals surface area contributed by atoms with Crippen LogP contribution in [0.4, 0.5) is 11.4 Å². The standard InChI is InChI=1S/C18H26N4O4/c1-13(2)17(23)19-8-9-20-18(24)15-12-14(22(25)26)6-7-16(15)21-10-4-3-5-11-21/h6-7,12-13H,3-5,8-11H2,1-2H3,(H,19,23)(H,20,24). The van der Waals surface area contributed by atoms with Crippen molar-refractivity contribution in [2.45, 2.75) is 33.1 Å². The van der Waals surface area contributed by atoms with E-state index in [1.165, 1.54) is 12.1 Å². The molecule has 0 bridgehead atoms. The number of benzene rings is 1. The average molecular weight is 362 g/mol. The zero-order valence-electron chi connectivity index (χ0n) is 15.3. The topological polar surface area (TPSA) is 105 Å². The number of nitro groups is 1. The molecule has 2 amide bonds. The van der Waals surface area contributed by atoms with E-state index in [1.807, 2.05) is 0 Å². The first-order valence-corrected chi connectivity index (χ1v) is 8.99. The Labute approximate surface area is 153 Å². The second-order valence-corrected chi connectivity index (χ2v) is 6.71. The third-order valence-corrected chi connectivity index (χ3v) is 4.37. The fraction of sp³-hybridized carbons (Fsp3) is 0.556. The Morgan fingerprint density at radius 2 is 1.81 bits per heavy atom. The lowest BCUT2D eigenvalue weighted by molar-refractivity contribution is -0.384. The fourth-order valence-electron chi connectivity index (χ4n) is 2.89. The van der Waals surface area contributed by atoms with Crippen molar-refractivity contribution in [1.82, 2.24) is 10.6 Å². The number of nitrogens with zero attached hydrogens (tertiary/aromatic N) is 2. The monoisotopic (exact) mass is 362 g/mol. The zero-order chi connectivity index (χ0) is 19.1. The SMILES string of the molecule is CC(C)C(=O)NCCNC(=O)c1cc([N+](=O)[O-])ccc1N1CCCCC1. The van der Waals surface area contributed by atoms with Crippen LogP contribution in [0.3, 0.4) is 0 Å². The second-order valence-electron chi connectivity index (χ2n) is 6.71. The predicted octanol–water partition coefficient (Wildman–Crippen LogP) is 2.09. The van der Waals surface area contributed by atoms with Crippen molar-refractivity contribution in [2.24, 2.45) is 5.92 Å². The molecule has 0 atom stereocenters. The highest BCUT2D eigenvalue weighted by Gasteiger charge is 2.21. The summed E-state index contributed by atoms with van der Waals surface area (Å²) in [6, 6.07) is 4.41. The van der Waals surface area contributed by atoms with Crippen LogP contribution in [-0.2, 0) is 4.79 Å². The van der Waals surface area contributed by atoms with Gasteiger partial charge < -0.3 is 15.5 Å². The maximum atomic E-state index is 12.6. The van der Waals surface area contributed by atoms with Crippen molar-refractivity contribution in [2.75, 3.05) is 31.1 Å². The van der Waals surface area contributed by atoms with Gasteiger partial charge in [-0.3, -0.25) is 19.7 Å². The van der Waals surface area contributed by atoms with Crippen molar-refractivity contribution in [3.05, 3.63) is 33.9 Å². The molecule has 1 heterocycles. The highest BCUT2D eigenvalue weighted by Crippen LogP contribution is 2.28. The second kappa shape index (κ2) is 9.17.